The Morgan fingerprint density at radius 2 is 1.90 bits per heavy atom. The monoisotopic (exact) mass is 400 g/mol. The Labute approximate surface area is 169 Å². The van der Waals surface area contributed by atoms with Crippen LogP contribution in [-0.4, -0.2) is 58.3 Å². The molecule has 0 radical (unpaired) electrons. The Morgan fingerprint density at radius 3 is 2.59 bits per heavy atom. The molecule has 0 unspecified atom stereocenters. The smallest absolute Gasteiger partial charge is 0.328 e. The summed E-state index contributed by atoms with van der Waals surface area (Å²) < 4.78 is 12.8. The lowest BCUT2D eigenvalue weighted by atomic mass is 10.2. The quantitative estimate of drug-likeness (QED) is 0.500. The number of anilines is 1. The summed E-state index contributed by atoms with van der Waals surface area (Å²) in [5, 5.41) is 0. The fraction of sp³-hybridized carbons (Fsp3) is 0.450. The van der Waals surface area contributed by atoms with Crippen molar-refractivity contribution in [2.75, 3.05) is 39.6 Å². The molecule has 3 aromatic rings. The number of aromatic nitrogens is 4. The number of ether oxygens (including phenoxy) is 2. The summed E-state index contributed by atoms with van der Waals surface area (Å²) in [5.41, 5.74) is 7.49. The molecule has 9 heteroatoms. The lowest BCUT2D eigenvalue weighted by molar-refractivity contribution is 0.261. The van der Waals surface area contributed by atoms with Gasteiger partial charge in [-0.2, -0.15) is 9.97 Å². The zero-order valence-corrected chi connectivity index (χ0v) is 17.1. The zero-order valence-electron chi connectivity index (χ0n) is 17.1. The van der Waals surface area contributed by atoms with E-state index in [0.717, 1.165) is 30.7 Å². The van der Waals surface area contributed by atoms with Crippen molar-refractivity contribution in [1.29, 1.82) is 0 Å². The Hall–Kier alpha value is -3.07. The van der Waals surface area contributed by atoms with Gasteiger partial charge < -0.3 is 25.1 Å². The van der Waals surface area contributed by atoms with E-state index in [4.69, 9.17) is 15.2 Å². The van der Waals surface area contributed by atoms with Crippen molar-refractivity contribution in [2.45, 2.75) is 26.3 Å². The summed E-state index contributed by atoms with van der Waals surface area (Å²) in [4.78, 5) is 25.8. The summed E-state index contributed by atoms with van der Waals surface area (Å²) in [6, 6.07) is 7.83. The summed E-state index contributed by atoms with van der Waals surface area (Å²) in [6.45, 7) is 4.39. The first kappa shape index (κ1) is 20.7. The van der Waals surface area contributed by atoms with Gasteiger partial charge in [0.2, 0.25) is 0 Å². The average molecular weight is 400 g/mol. The molecule has 2 aromatic heterocycles. The number of nitrogens with two attached hydrogens (primary N) is 1. The second-order valence-corrected chi connectivity index (χ2v) is 7.10. The van der Waals surface area contributed by atoms with Crippen LogP contribution in [0.5, 0.6) is 11.8 Å². The molecule has 0 atom stereocenters. The minimum Gasteiger partial charge on any atom is -0.492 e. The van der Waals surface area contributed by atoms with Gasteiger partial charge in [-0.15, -0.1) is 0 Å². The molecule has 3 rings (SSSR count). The van der Waals surface area contributed by atoms with Crippen LogP contribution in [0, 0.1) is 0 Å². The van der Waals surface area contributed by atoms with Crippen molar-refractivity contribution >= 4 is 17.0 Å². The SMILES string of the molecule is CCCCOc1nc(N)c2[nH]c(=O)n(Cc3ccc(OCCN(C)C)cc3)c2n1. The van der Waals surface area contributed by atoms with Gasteiger partial charge >= 0.3 is 11.7 Å². The van der Waals surface area contributed by atoms with Gasteiger partial charge in [-0.05, 0) is 38.2 Å². The molecule has 1 aromatic carbocycles. The van der Waals surface area contributed by atoms with E-state index < -0.39 is 0 Å². The molecule has 0 saturated heterocycles. The lowest BCUT2D eigenvalue weighted by Crippen LogP contribution is -2.19. The number of nitrogens with one attached hydrogen (secondary N) is 1. The van der Waals surface area contributed by atoms with Gasteiger partial charge in [-0.3, -0.25) is 4.57 Å². The van der Waals surface area contributed by atoms with E-state index in [1.807, 2.05) is 38.4 Å². The molecule has 156 valence electrons. The standard InChI is InChI=1S/C20H28N6O3/c1-4-5-11-29-19-23-17(21)16-18(24-19)26(20(27)22-16)13-14-6-8-15(9-7-14)28-12-10-25(2)3/h6-9H,4-5,10-13H2,1-3H3,(H,22,27)(H2,21,23,24). The molecule has 29 heavy (non-hydrogen) atoms. The molecule has 2 heterocycles. The van der Waals surface area contributed by atoms with Gasteiger partial charge in [0.25, 0.3) is 0 Å². The molecule has 0 aliphatic heterocycles. The minimum absolute atomic E-state index is 0.181. The highest BCUT2D eigenvalue weighted by Crippen LogP contribution is 2.19. The van der Waals surface area contributed by atoms with E-state index in [0.29, 0.717) is 30.9 Å². The third-order valence-electron chi connectivity index (χ3n) is 4.43. The van der Waals surface area contributed by atoms with E-state index in [1.54, 1.807) is 0 Å². The van der Waals surface area contributed by atoms with Crippen molar-refractivity contribution in [3.8, 4) is 11.8 Å². The number of nitrogen functional groups attached to an aromatic ring is 1. The second kappa shape index (κ2) is 9.42. The number of H-pyrrole nitrogens is 1. The summed E-state index contributed by atoms with van der Waals surface area (Å²) in [7, 11) is 4.00. The van der Waals surface area contributed by atoms with E-state index in [2.05, 4.69) is 26.8 Å². The fourth-order valence-corrected chi connectivity index (χ4v) is 2.77. The number of likely N-dealkylation sites (N-methyl/N-ethyl adjacent to an activating group) is 1. The van der Waals surface area contributed by atoms with Gasteiger partial charge in [-0.25, -0.2) is 4.79 Å². The molecule has 0 amide bonds. The van der Waals surface area contributed by atoms with Gasteiger partial charge in [-0.1, -0.05) is 25.5 Å². The lowest BCUT2D eigenvalue weighted by Gasteiger charge is -2.11. The molecule has 0 aliphatic carbocycles. The minimum atomic E-state index is -0.294. The highest BCUT2D eigenvalue weighted by molar-refractivity contribution is 5.81. The molecule has 0 bridgehead atoms. The number of hydrogen-bond acceptors (Lipinski definition) is 7. The number of rotatable bonds is 10. The average Bonchev–Trinajstić information content (AvgIpc) is 2.99. The topological polar surface area (TPSA) is 111 Å². The molecule has 0 fully saturated rings. The number of imidazole rings is 1. The fourth-order valence-electron chi connectivity index (χ4n) is 2.77. The first-order valence-electron chi connectivity index (χ1n) is 9.73. The molecule has 0 saturated carbocycles. The van der Waals surface area contributed by atoms with Crippen LogP contribution in [0.1, 0.15) is 25.3 Å². The predicted molar refractivity (Wildman–Crippen MR) is 113 cm³/mol. The van der Waals surface area contributed by atoms with E-state index >= 15 is 0 Å². The van der Waals surface area contributed by atoms with Gasteiger partial charge in [0.15, 0.2) is 11.5 Å². The highest BCUT2D eigenvalue weighted by Gasteiger charge is 2.15. The number of aromatic amines is 1. The maximum atomic E-state index is 12.5. The molecular formula is C20H28N6O3. The van der Waals surface area contributed by atoms with Crippen LogP contribution in [-0.2, 0) is 6.54 Å². The maximum Gasteiger partial charge on any atom is 0.328 e. The van der Waals surface area contributed by atoms with Gasteiger partial charge in [0.05, 0.1) is 13.2 Å². The number of hydrogen-bond donors (Lipinski definition) is 2. The predicted octanol–water partition coefficient (Wildman–Crippen LogP) is 1.87. The van der Waals surface area contributed by atoms with Gasteiger partial charge in [0, 0.05) is 6.54 Å². The van der Waals surface area contributed by atoms with Crippen LogP contribution in [0.15, 0.2) is 29.1 Å². The maximum absolute atomic E-state index is 12.5. The molecule has 3 N–H and O–H groups in total. The van der Waals surface area contributed by atoms with E-state index in [1.165, 1.54) is 4.57 Å². The highest BCUT2D eigenvalue weighted by atomic mass is 16.5. The Morgan fingerprint density at radius 1 is 1.14 bits per heavy atom. The Balaban J connectivity index is 1.78. The van der Waals surface area contributed by atoms with Crippen molar-refractivity contribution < 1.29 is 9.47 Å². The first-order chi connectivity index (χ1) is 14.0. The molecule has 0 spiro atoms. The number of benzene rings is 1. The van der Waals surface area contributed by atoms with Crippen molar-refractivity contribution in [3.63, 3.8) is 0 Å². The van der Waals surface area contributed by atoms with Crippen molar-refractivity contribution in [2.24, 2.45) is 0 Å². The van der Waals surface area contributed by atoms with E-state index in [-0.39, 0.29) is 17.5 Å². The van der Waals surface area contributed by atoms with Crippen LogP contribution in [0.2, 0.25) is 0 Å². The first-order valence-corrected chi connectivity index (χ1v) is 9.73. The van der Waals surface area contributed by atoms with Crippen molar-refractivity contribution in [3.05, 3.63) is 40.3 Å². The summed E-state index contributed by atoms with van der Waals surface area (Å²) >= 11 is 0. The Bertz CT molecular complexity index is 994. The molecule has 0 aliphatic rings. The van der Waals surface area contributed by atoms with Crippen LogP contribution in [0.25, 0.3) is 11.2 Å². The molecular weight excluding hydrogens is 372 g/mol. The normalized spacial score (nSPS) is 11.3. The number of fused-ring (bicyclic) bond motifs is 1. The second-order valence-electron chi connectivity index (χ2n) is 7.10. The third kappa shape index (κ3) is 5.26. The number of nitrogens with zero attached hydrogens (tertiary/aromatic N) is 4. The van der Waals surface area contributed by atoms with Crippen molar-refractivity contribution in [1.82, 2.24) is 24.4 Å². The third-order valence-corrected chi connectivity index (χ3v) is 4.43. The van der Waals surface area contributed by atoms with Crippen LogP contribution in [0.3, 0.4) is 0 Å². The van der Waals surface area contributed by atoms with E-state index in [9.17, 15) is 4.79 Å². The van der Waals surface area contributed by atoms with Crippen LogP contribution < -0.4 is 20.9 Å². The zero-order chi connectivity index (χ0) is 20.8. The van der Waals surface area contributed by atoms with Crippen LogP contribution >= 0.6 is 0 Å². The van der Waals surface area contributed by atoms with Gasteiger partial charge in [0.1, 0.15) is 17.9 Å². The Kier molecular flexibility index (Phi) is 6.71. The molecule has 9 nitrogen and oxygen atoms in total. The largest absolute Gasteiger partial charge is 0.492 e. The summed E-state index contributed by atoms with van der Waals surface area (Å²) in [5.74, 6) is 0.988. The van der Waals surface area contributed by atoms with Crippen LogP contribution in [0.4, 0.5) is 5.82 Å². The number of unbranched alkanes of at least 4 members (excludes halogenated alkanes) is 1. The summed E-state index contributed by atoms with van der Waals surface area (Å²) in [6.07, 6.45) is 1.89.